The van der Waals surface area contributed by atoms with Crippen LogP contribution in [-0.4, -0.2) is 27.3 Å². The molecular formula is C8H12N4O3. The molecule has 1 aliphatic rings. The highest BCUT2D eigenvalue weighted by Crippen LogP contribution is 2.20. The Hall–Kier alpha value is -1.63. The smallest absolute Gasteiger partial charge is 0.342 e. The number of aromatic amines is 2. The van der Waals surface area contributed by atoms with E-state index in [2.05, 4.69) is 10.2 Å². The molecule has 0 amide bonds. The van der Waals surface area contributed by atoms with E-state index in [9.17, 15) is 9.59 Å². The summed E-state index contributed by atoms with van der Waals surface area (Å²) in [4.78, 5) is 24.0. The van der Waals surface area contributed by atoms with Crippen molar-refractivity contribution in [3.05, 3.63) is 20.8 Å². The Morgan fingerprint density at radius 2 is 2.20 bits per heavy atom. The Morgan fingerprint density at radius 1 is 1.40 bits per heavy atom. The minimum absolute atomic E-state index is 0.0712. The second-order valence-corrected chi connectivity index (χ2v) is 3.56. The molecule has 0 spiro atoms. The van der Waals surface area contributed by atoms with E-state index >= 15 is 0 Å². The lowest BCUT2D eigenvalue weighted by Crippen LogP contribution is -2.36. The van der Waals surface area contributed by atoms with Gasteiger partial charge in [0.25, 0.3) is 5.88 Å². The average Bonchev–Trinajstić information content (AvgIpc) is 2.57. The number of ether oxygens (including phenoxy) is 1. The second kappa shape index (κ2) is 3.85. The molecule has 1 saturated carbocycles. The molecule has 15 heavy (non-hydrogen) atoms. The van der Waals surface area contributed by atoms with Gasteiger partial charge in [-0.05, 0) is 19.3 Å². The zero-order valence-electron chi connectivity index (χ0n) is 8.03. The number of nitrogens with zero attached hydrogens (tertiary/aromatic N) is 1. The van der Waals surface area contributed by atoms with Gasteiger partial charge in [-0.3, -0.25) is 9.78 Å². The molecule has 1 aromatic heterocycles. The SMILES string of the molecule is NC1CCCC1Oc1n[nH]c(=O)[nH]c1=O. The van der Waals surface area contributed by atoms with Crippen LogP contribution in [0.3, 0.4) is 0 Å². The normalized spacial score (nSPS) is 25.4. The van der Waals surface area contributed by atoms with E-state index in [4.69, 9.17) is 10.5 Å². The van der Waals surface area contributed by atoms with E-state index in [1.807, 2.05) is 4.98 Å². The van der Waals surface area contributed by atoms with Crippen molar-refractivity contribution in [1.29, 1.82) is 0 Å². The highest BCUT2D eigenvalue weighted by molar-refractivity contribution is 5.01. The van der Waals surface area contributed by atoms with E-state index in [-0.39, 0.29) is 18.0 Å². The Labute approximate surface area is 84.7 Å². The lowest BCUT2D eigenvalue weighted by Gasteiger charge is -2.15. The van der Waals surface area contributed by atoms with Crippen LogP contribution in [0.2, 0.25) is 0 Å². The third-order valence-corrected chi connectivity index (χ3v) is 2.45. The minimum atomic E-state index is -0.650. The number of hydrogen-bond donors (Lipinski definition) is 3. The van der Waals surface area contributed by atoms with Crippen LogP contribution >= 0.6 is 0 Å². The highest BCUT2D eigenvalue weighted by atomic mass is 16.5. The molecular weight excluding hydrogens is 200 g/mol. The first-order valence-corrected chi connectivity index (χ1v) is 4.78. The molecule has 1 fully saturated rings. The van der Waals surface area contributed by atoms with Crippen molar-refractivity contribution in [3.63, 3.8) is 0 Å². The van der Waals surface area contributed by atoms with Crippen molar-refractivity contribution in [3.8, 4) is 5.88 Å². The first-order chi connectivity index (χ1) is 7.16. The number of aromatic nitrogens is 3. The Bertz CT molecular complexity index is 452. The molecule has 0 aromatic carbocycles. The molecule has 7 nitrogen and oxygen atoms in total. The molecule has 0 bridgehead atoms. The third-order valence-electron chi connectivity index (χ3n) is 2.45. The maximum atomic E-state index is 11.2. The molecule has 0 saturated heterocycles. The standard InChI is InChI=1S/C8H12N4O3/c9-4-2-1-3-5(4)15-7-6(13)10-8(14)12-11-7/h4-5H,1-3,9H2,(H2,10,12,13,14). The first-order valence-electron chi connectivity index (χ1n) is 4.78. The van der Waals surface area contributed by atoms with Gasteiger partial charge in [0, 0.05) is 6.04 Å². The van der Waals surface area contributed by atoms with Gasteiger partial charge in [0.1, 0.15) is 6.10 Å². The molecule has 0 aliphatic heterocycles. The fraction of sp³-hybridized carbons (Fsp3) is 0.625. The molecule has 82 valence electrons. The van der Waals surface area contributed by atoms with Crippen LogP contribution in [-0.2, 0) is 0 Å². The molecule has 2 atom stereocenters. The van der Waals surface area contributed by atoms with Gasteiger partial charge >= 0.3 is 11.2 Å². The van der Waals surface area contributed by atoms with Crippen LogP contribution in [0.25, 0.3) is 0 Å². The minimum Gasteiger partial charge on any atom is -0.468 e. The predicted molar refractivity (Wildman–Crippen MR) is 51.7 cm³/mol. The highest BCUT2D eigenvalue weighted by Gasteiger charge is 2.26. The topological polar surface area (TPSA) is 114 Å². The Kier molecular flexibility index (Phi) is 2.55. The zero-order valence-corrected chi connectivity index (χ0v) is 8.03. The maximum absolute atomic E-state index is 11.2. The summed E-state index contributed by atoms with van der Waals surface area (Å²) in [6.45, 7) is 0. The quantitative estimate of drug-likeness (QED) is 0.564. The number of rotatable bonds is 2. The van der Waals surface area contributed by atoms with Crippen LogP contribution in [0.5, 0.6) is 5.88 Å². The molecule has 1 heterocycles. The van der Waals surface area contributed by atoms with Crippen molar-refractivity contribution in [2.45, 2.75) is 31.4 Å². The van der Waals surface area contributed by atoms with Crippen molar-refractivity contribution in [1.82, 2.24) is 15.2 Å². The molecule has 4 N–H and O–H groups in total. The summed E-state index contributed by atoms with van der Waals surface area (Å²) in [7, 11) is 0. The summed E-state index contributed by atoms with van der Waals surface area (Å²) in [5.74, 6) is -0.128. The van der Waals surface area contributed by atoms with E-state index in [1.165, 1.54) is 0 Å². The second-order valence-electron chi connectivity index (χ2n) is 3.56. The monoisotopic (exact) mass is 212 g/mol. The molecule has 1 aliphatic carbocycles. The summed E-state index contributed by atoms with van der Waals surface area (Å²) in [5, 5.41) is 5.62. The van der Waals surface area contributed by atoms with Crippen molar-refractivity contribution >= 4 is 0 Å². The molecule has 2 unspecified atom stereocenters. The lowest BCUT2D eigenvalue weighted by molar-refractivity contribution is 0.178. The molecule has 0 radical (unpaired) electrons. The summed E-state index contributed by atoms with van der Waals surface area (Å²) in [6, 6.07) is -0.0712. The van der Waals surface area contributed by atoms with E-state index in [0.29, 0.717) is 0 Å². The summed E-state index contributed by atoms with van der Waals surface area (Å²) < 4.78 is 5.32. The first kappa shape index (κ1) is 9.91. The number of H-pyrrole nitrogens is 2. The van der Waals surface area contributed by atoms with E-state index in [1.54, 1.807) is 0 Å². The molecule has 1 aromatic rings. The largest absolute Gasteiger partial charge is 0.468 e. The van der Waals surface area contributed by atoms with Gasteiger partial charge in [0.2, 0.25) is 0 Å². The van der Waals surface area contributed by atoms with Crippen LogP contribution in [0, 0.1) is 0 Å². The van der Waals surface area contributed by atoms with Gasteiger partial charge in [0.05, 0.1) is 0 Å². The summed E-state index contributed by atoms with van der Waals surface area (Å²) in [5.41, 5.74) is 4.49. The Morgan fingerprint density at radius 3 is 2.80 bits per heavy atom. The zero-order chi connectivity index (χ0) is 10.8. The summed E-state index contributed by atoms with van der Waals surface area (Å²) in [6.07, 6.45) is 2.48. The molecule has 2 rings (SSSR count). The van der Waals surface area contributed by atoms with Crippen molar-refractivity contribution in [2.75, 3.05) is 0 Å². The van der Waals surface area contributed by atoms with Crippen molar-refractivity contribution < 1.29 is 4.74 Å². The fourth-order valence-corrected chi connectivity index (χ4v) is 1.66. The lowest BCUT2D eigenvalue weighted by atomic mass is 10.2. The van der Waals surface area contributed by atoms with E-state index in [0.717, 1.165) is 19.3 Å². The van der Waals surface area contributed by atoms with E-state index < -0.39 is 11.2 Å². The van der Waals surface area contributed by atoms with Crippen LogP contribution < -0.4 is 21.7 Å². The van der Waals surface area contributed by atoms with Gasteiger partial charge in [-0.1, -0.05) is 0 Å². The van der Waals surface area contributed by atoms with Crippen molar-refractivity contribution in [2.24, 2.45) is 5.73 Å². The van der Waals surface area contributed by atoms with Crippen LogP contribution in [0.4, 0.5) is 0 Å². The van der Waals surface area contributed by atoms with Crippen LogP contribution in [0.15, 0.2) is 9.59 Å². The van der Waals surface area contributed by atoms with Crippen LogP contribution in [0.1, 0.15) is 19.3 Å². The maximum Gasteiger partial charge on any atom is 0.342 e. The van der Waals surface area contributed by atoms with Gasteiger partial charge in [0.15, 0.2) is 0 Å². The van der Waals surface area contributed by atoms with Gasteiger partial charge in [-0.15, -0.1) is 5.10 Å². The van der Waals surface area contributed by atoms with Gasteiger partial charge in [-0.25, -0.2) is 9.89 Å². The van der Waals surface area contributed by atoms with Gasteiger partial charge in [-0.2, -0.15) is 0 Å². The predicted octanol–water partition coefficient (Wildman–Crippen LogP) is -1.28. The summed E-state index contributed by atoms with van der Waals surface area (Å²) >= 11 is 0. The number of nitrogens with two attached hydrogens (primary N) is 1. The van der Waals surface area contributed by atoms with Gasteiger partial charge < -0.3 is 10.5 Å². The average molecular weight is 212 g/mol. The number of nitrogens with one attached hydrogen (secondary N) is 2. The number of hydrogen-bond acceptors (Lipinski definition) is 5. The molecule has 7 heteroatoms. The fourth-order valence-electron chi connectivity index (χ4n) is 1.66. The third kappa shape index (κ3) is 2.07. The Balaban J connectivity index is 2.17.